The molecule has 1 aromatic heterocycles. The van der Waals surface area contributed by atoms with Gasteiger partial charge in [0, 0.05) is 0 Å². The number of nitrogens with zero attached hydrogens (tertiary/aromatic N) is 1. The van der Waals surface area contributed by atoms with Crippen molar-refractivity contribution in [1.82, 2.24) is 4.98 Å². The Kier molecular flexibility index (Phi) is 3.58. The highest BCUT2D eigenvalue weighted by Gasteiger charge is 2.35. The fraction of sp³-hybridized carbons (Fsp3) is 0.250. The van der Waals surface area contributed by atoms with Gasteiger partial charge in [0.15, 0.2) is 17.2 Å². The summed E-state index contributed by atoms with van der Waals surface area (Å²) in [4.78, 5) is 13.4. The van der Waals surface area contributed by atoms with Crippen LogP contribution in [0, 0.1) is 0 Å². The molecule has 0 saturated heterocycles. The van der Waals surface area contributed by atoms with E-state index in [1.165, 1.54) is 0 Å². The van der Waals surface area contributed by atoms with E-state index in [0.717, 1.165) is 0 Å². The second kappa shape index (κ2) is 4.63. The van der Waals surface area contributed by atoms with Crippen molar-refractivity contribution in [2.45, 2.75) is 12.8 Å². The number of aromatic nitrogens is 1. The summed E-state index contributed by atoms with van der Waals surface area (Å²) in [6.45, 7) is 0. The van der Waals surface area contributed by atoms with Crippen LogP contribution >= 0.6 is 0 Å². The predicted molar refractivity (Wildman–Crippen MR) is 44.5 cm³/mol. The summed E-state index contributed by atoms with van der Waals surface area (Å²) in [5, 5.41) is 17.6. The molecule has 0 radical (unpaired) electrons. The Labute approximate surface area is 95.4 Å². The first-order chi connectivity index (χ1) is 8.13. The highest BCUT2D eigenvalue weighted by molar-refractivity contribution is 5.89. The number of pyridine rings is 1. The van der Waals surface area contributed by atoms with Crippen LogP contribution in [0.4, 0.5) is 22.0 Å². The molecule has 0 atom stereocenters. The summed E-state index contributed by atoms with van der Waals surface area (Å²) in [7, 11) is 0. The van der Waals surface area contributed by atoms with Crippen LogP contribution < -0.4 is 4.74 Å². The van der Waals surface area contributed by atoms with Gasteiger partial charge in [-0.1, -0.05) is 0 Å². The summed E-state index contributed by atoms with van der Waals surface area (Å²) >= 11 is 0. The molecule has 100 valence electrons. The number of carboxylic acids is 1. The largest absolute Gasteiger partial charge is 0.573 e. The predicted octanol–water partition coefficient (Wildman–Crippen LogP) is 2.32. The topological polar surface area (TPSA) is 79.7 Å². The van der Waals surface area contributed by atoms with Crippen LogP contribution in [0.5, 0.6) is 11.5 Å². The number of carbonyl (C=O) groups is 1. The van der Waals surface area contributed by atoms with Gasteiger partial charge in [-0.05, 0) is 0 Å². The number of ether oxygens (including phenoxy) is 1. The number of hydrogen-bond acceptors (Lipinski definition) is 4. The zero-order valence-electron chi connectivity index (χ0n) is 8.20. The second-order valence-corrected chi connectivity index (χ2v) is 2.89. The van der Waals surface area contributed by atoms with Gasteiger partial charge in [-0.15, -0.1) is 13.2 Å². The number of alkyl halides is 5. The Hall–Kier alpha value is -2.13. The van der Waals surface area contributed by atoms with E-state index >= 15 is 0 Å². The lowest BCUT2D eigenvalue weighted by molar-refractivity contribution is -0.275. The average molecular weight is 273 g/mol. The lowest BCUT2D eigenvalue weighted by Crippen LogP contribution is -2.19. The van der Waals surface area contributed by atoms with Gasteiger partial charge < -0.3 is 14.9 Å². The van der Waals surface area contributed by atoms with Crippen LogP contribution in [0.1, 0.15) is 22.5 Å². The van der Waals surface area contributed by atoms with Crippen LogP contribution in [0.25, 0.3) is 0 Å². The van der Waals surface area contributed by atoms with E-state index in [1.54, 1.807) is 0 Å². The number of aromatic hydroxyl groups is 1. The number of rotatable bonds is 3. The standard InChI is InChI=1S/C8H4F5NO4/c9-6(10)3-2(18-8(11,12)13)1-14-4(5(3)15)7(16)17/h1,6,15H,(H,16,17). The van der Waals surface area contributed by atoms with Crippen LogP contribution in [0.2, 0.25) is 0 Å². The molecular weight excluding hydrogens is 269 g/mol. The third-order valence-corrected chi connectivity index (χ3v) is 1.70. The van der Waals surface area contributed by atoms with Gasteiger partial charge in [-0.3, -0.25) is 0 Å². The van der Waals surface area contributed by atoms with Crippen LogP contribution in [-0.2, 0) is 0 Å². The van der Waals surface area contributed by atoms with Gasteiger partial charge in [0.25, 0.3) is 6.43 Å². The van der Waals surface area contributed by atoms with E-state index in [9.17, 15) is 26.7 Å². The molecule has 0 aromatic carbocycles. The quantitative estimate of drug-likeness (QED) is 0.826. The van der Waals surface area contributed by atoms with Gasteiger partial charge in [0.2, 0.25) is 0 Å². The minimum Gasteiger partial charge on any atom is -0.505 e. The van der Waals surface area contributed by atoms with E-state index in [1.807, 2.05) is 0 Å². The molecule has 0 unspecified atom stereocenters. The molecule has 1 heterocycles. The molecule has 5 nitrogen and oxygen atoms in total. The Morgan fingerprint density at radius 3 is 2.33 bits per heavy atom. The molecular formula is C8H4F5NO4. The third kappa shape index (κ3) is 2.96. The van der Waals surface area contributed by atoms with Crippen molar-refractivity contribution in [3.63, 3.8) is 0 Å². The molecule has 0 bridgehead atoms. The maximum absolute atomic E-state index is 12.5. The third-order valence-electron chi connectivity index (χ3n) is 1.70. The molecule has 0 amide bonds. The zero-order chi connectivity index (χ0) is 14.1. The van der Waals surface area contributed by atoms with Crippen molar-refractivity contribution >= 4 is 5.97 Å². The highest BCUT2D eigenvalue weighted by Crippen LogP contribution is 2.39. The van der Waals surface area contributed by atoms with Crippen molar-refractivity contribution < 1.29 is 41.7 Å². The lowest BCUT2D eigenvalue weighted by Gasteiger charge is -2.14. The fourth-order valence-corrected chi connectivity index (χ4v) is 1.07. The Morgan fingerprint density at radius 1 is 1.39 bits per heavy atom. The first-order valence-electron chi connectivity index (χ1n) is 4.12. The van der Waals surface area contributed by atoms with E-state index in [0.29, 0.717) is 0 Å². The number of halogens is 5. The van der Waals surface area contributed by atoms with Crippen LogP contribution in [0.3, 0.4) is 0 Å². The van der Waals surface area contributed by atoms with Crippen LogP contribution in [0.15, 0.2) is 6.20 Å². The summed E-state index contributed by atoms with van der Waals surface area (Å²) in [6, 6.07) is 0. The minimum atomic E-state index is -5.28. The molecule has 1 rings (SSSR count). The summed E-state index contributed by atoms with van der Waals surface area (Å²) < 4.78 is 63.8. The first kappa shape index (κ1) is 13.9. The second-order valence-electron chi connectivity index (χ2n) is 2.89. The van der Waals surface area contributed by atoms with E-state index < -0.39 is 41.5 Å². The van der Waals surface area contributed by atoms with Gasteiger partial charge in [-0.25, -0.2) is 18.6 Å². The molecule has 18 heavy (non-hydrogen) atoms. The van der Waals surface area contributed by atoms with Gasteiger partial charge in [0.1, 0.15) is 5.56 Å². The summed E-state index contributed by atoms with van der Waals surface area (Å²) in [5.74, 6) is -4.90. The van der Waals surface area contributed by atoms with Crippen molar-refractivity contribution in [1.29, 1.82) is 0 Å². The molecule has 10 heteroatoms. The van der Waals surface area contributed by atoms with E-state index in [-0.39, 0.29) is 6.20 Å². The molecule has 0 spiro atoms. The monoisotopic (exact) mass is 273 g/mol. The summed E-state index contributed by atoms with van der Waals surface area (Å²) in [6.07, 6.45) is -8.69. The molecule has 0 saturated carbocycles. The van der Waals surface area contributed by atoms with Crippen molar-refractivity contribution in [2.24, 2.45) is 0 Å². The molecule has 1 aromatic rings. The highest BCUT2D eigenvalue weighted by atomic mass is 19.4. The zero-order valence-corrected chi connectivity index (χ0v) is 8.20. The van der Waals surface area contributed by atoms with Gasteiger partial charge in [-0.2, -0.15) is 0 Å². The molecule has 0 aliphatic rings. The Morgan fingerprint density at radius 2 is 1.94 bits per heavy atom. The minimum absolute atomic E-state index is 0.151. The number of aromatic carboxylic acids is 1. The SMILES string of the molecule is O=C(O)c1ncc(OC(F)(F)F)c(C(F)F)c1O. The van der Waals surface area contributed by atoms with Gasteiger partial charge in [0.05, 0.1) is 6.20 Å². The Balaban J connectivity index is 3.37. The first-order valence-corrected chi connectivity index (χ1v) is 4.12. The van der Waals surface area contributed by atoms with E-state index in [4.69, 9.17) is 10.2 Å². The maximum atomic E-state index is 12.5. The van der Waals surface area contributed by atoms with Gasteiger partial charge >= 0.3 is 12.3 Å². The molecule has 0 aliphatic heterocycles. The molecule has 0 aliphatic carbocycles. The molecule has 0 fully saturated rings. The Bertz CT molecular complexity index is 473. The van der Waals surface area contributed by atoms with Crippen molar-refractivity contribution in [3.8, 4) is 11.5 Å². The smallest absolute Gasteiger partial charge is 0.505 e. The average Bonchev–Trinajstić information content (AvgIpc) is 2.13. The van der Waals surface area contributed by atoms with Crippen molar-refractivity contribution in [3.05, 3.63) is 17.5 Å². The van der Waals surface area contributed by atoms with E-state index in [2.05, 4.69) is 9.72 Å². The summed E-state index contributed by atoms with van der Waals surface area (Å²) in [5.41, 5.74) is -2.78. The number of carboxylic acid groups (broad SMARTS) is 1. The number of hydrogen-bond donors (Lipinski definition) is 2. The lowest BCUT2D eigenvalue weighted by atomic mass is 10.2. The van der Waals surface area contributed by atoms with Crippen molar-refractivity contribution in [2.75, 3.05) is 0 Å². The normalized spacial score (nSPS) is 11.7. The fourth-order valence-electron chi connectivity index (χ4n) is 1.07. The maximum Gasteiger partial charge on any atom is 0.573 e. The van der Waals surface area contributed by atoms with Crippen LogP contribution in [-0.4, -0.2) is 27.5 Å². The molecule has 2 N–H and O–H groups in total.